The first-order valence-corrected chi connectivity index (χ1v) is 26.3. The van der Waals surface area contributed by atoms with E-state index >= 15 is 0 Å². The second-order valence-corrected chi connectivity index (χ2v) is 30.6. The Kier molecular flexibility index (Phi) is 9.42. The van der Waals surface area contributed by atoms with Crippen LogP contribution in [0.2, 0.25) is 85.1 Å². The summed E-state index contributed by atoms with van der Waals surface area (Å²) in [6.45, 7) is 27.0. The third-order valence-electron chi connectivity index (χ3n) is 2.49. The quantitative estimate of drug-likeness (QED) is 0.254. The molecular weight excluding hydrogens is 421 g/mol. The van der Waals surface area contributed by atoms with Gasteiger partial charge in [0.1, 0.15) is 0 Å². The van der Waals surface area contributed by atoms with E-state index in [1.165, 1.54) is 0 Å². The molecule has 0 atom stereocenters. The van der Waals surface area contributed by atoms with Crippen molar-refractivity contribution in [1.82, 2.24) is 0 Å². The van der Waals surface area contributed by atoms with Crippen LogP contribution in [0.3, 0.4) is 0 Å². The molecule has 0 aliphatic rings. The monoisotopic (exact) mass is 460 g/mol. The molecule has 0 spiro atoms. The van der Waals surface area contributed by atoms with Gasteiger partial charge in [0.15, 0.2) is 9.04 Å². The molecule has 12 heteroatoms. The second-order valence-electron chi connectivity index (χ2n) is 9.35. The molecule has 0 aromatic carbocycles. The molecule has 0 unspecified atom stereocenters. The van der Waals surface area contributed by atoms with Gasteiger partial charge in [0.2, 0.25) is 8.32 Å². The largest absolute Gasteiger partial charge is 0.440 e. The minimum Gasteiger partial charge on any atom is -0.440 e. The average molecular weight is 461 g/mol. The van der Waals surface area contributed by atoms with Crippen LogP contribution in [0.25, 0.3) is 0 Å². The van der Waals surface area contributed by atoms with E-state index in [-0.39, 0.29) is 0 Å². The van der Waals surface area contributed by atoms with E-state index in [4.69, 9.17) is 25.6 Å². The Morgan fingerprint density at radius 2 is 0.840 bits per heavy atom. The third kappa shape index (κ3) is 13.8. The molecule has 0 radical (unpaired) electrons. The van der Waals surface area contributed by atoms with Crippen molar-refractivity contribution in [2.45, 2.75) is 85.1 Å². The van der Waals surface area contributed by atoms with Gasteiger partial charge in [-0.15, -0.1) is 0 Å². The van der Waals surface area contributed by atoms with Gasteiger partial charge in [-0.25, -0.2) is 0 Å². The molecule has 0 saturated carbocycles. The first kappa shape index (κ1) is 26.1. The molecule has 0 fully saturated rings. The van der Waals surface area contributed by atoms with Gasteiger partial charge in [-0.1, -0.05) is 0 Å². The third-order valence-corrected chi connectivity index (χ3v) is 19.7. The number of hydrogen-bond donors (Lipinski definition) is 0. The first-order chi connectivity index (χ1) is 10.7. The zero-order chi connectivity index (χ0) is 20.3. The fourth-order valence-corrected chi connectivity index (χ4v) is 25.0. The SMILES string of the molecule is C[SiH](C)O[Si](C)(C)O[Si](C)(C)O[Si](C)(C)O[Si](C)(C)OO[Si](C)(C)C. The van der Waals surface area contributed by atoms with Crippen LogP contribution in [-0.2, 0) is 25.6 Å². The Hall–Kier alpha value is 1.06. The highest BCUT2D eigenvalue weighted by molar-refractivity contribution is 6.88. The summed E-state index contributed by atoms with van der Waals surface area (Å²) in [7, 11) is -12.3. The van der Waals surface area contributed by atoms with Crippen molar-refractivity contribution in [2.24, 2.45) is 0 Å². The van der Waals surface area contributed by atoms with Gasteiger partial charge in [-0.05, 0) is 85.1 Å². The van der Waals surface area contributed by atoms with Crippen LogP contribution < -0.4 is 0 Å². The smallest absolute Gasteiger partial charge is 0.358 e. The fourth-order valence-electron chi connectivity index (χ4n) is 2.65. The maximum absolute atomic E-state index is 6.42. The van der Waals surface area contributed by atoms with Crippen molar-refractivity contribution in [2.75, 3.05) is 0 Å². The van der Waals surface area contributed by atoms with Crippen molar-refractivity contribution in [3.05, 3.63) is 0 Å². The van der Waals surface area contributed by atoms with Gasteiger partial charge in [-0.2, -0.15) is 0 Å². The van der Waals surface area contributed by atoms with Crippen molar-refractivity contribution >= 4 is 51.6 Å². The van der Waals surface area contributed by atoms with Crippen LogP contribution in [0, 0.1) is 0 Å². The molecule has 0 bridgehead atoms. The van der Waals surface area contributed by atoms with Gasteiger partial charge in [0.05, 0.1) is 0 Å². The summed E-state index contributed by atoms with van der Waals surface area (Å²) in [6, 6.07) is 0. The number of hydrogen-bond acceptors (Lipinski definition) is 6. The normalized spacial score (nSPS) is 15.1. The minimum absolute atomic E-state index is 1.14. The van der Waals surface area contributed by atoms with Crippen molar-refractivity contribution in [1.29, 1.82) is 0 Å². The van der Waals surface area contributed by atoms with Crippen LogP contribution in [0.15, 0.2) is 0 Å². The Labute approximate surface area is 162 Å². The highest BCUT2D eigenvalue weighted by atomic mass is 28.5. The lowest BCUT2D eigenvalue weighted by molar-refractivity contribution is -0.138. The van der Waals surface area contributed by atoms with Crippen LogP contribution in [-0.4, -0.2) is 51.6 Å². The molecule has 0 heterocycles. The summed E-state index contributed by atoms with van der Waals surface area (Å²) < 4.78 is 36.5. The van der Waals surface area contributed by atoms with Crippen molar-refractivity contribution in [3.63, 3.8) is 0 Å². The Bertz CT molecular complexity index is 422. The van der Waals surface area contributed by atoms with Crippen LogP contribution >= 0.6 is 0 Å². The number of rotatable bonds is 11. The summed E-state index contributed by atoms with van der Waals surface area (Å²) in [4.78, 5) is 0. The zero-order valence-electron chi connectivity index (χ0n) is 18.5. The standard InChI is InChI=1S/C13H40O6Si6/c1-20(2)16-23(8,9)18-25(12,13)19-24(10,11)17-22(6,7)15-14-21(3,4)5/h20H,1-13H3. The van der Waals surface area contributed by atoms with Gasteiger partial charge >= 0.3 is 34.2 Å². The molecule has 0 aromatic heterocycles. The molecule has 25 heavy (non-hydrogen) atoms. The van der Waals surface area contributed by atoms with Gasteiger partial charge in [0.25, 0.3) is 0 Å². The summed E-state index contributed by atoms with van der Waals surface area (Å²) in [5, 5.41) is 0. The molecule has 0 aliphatic heterocycles. The predicted octanol–water partition coefficient (Wildman–Crippen LogP) is 4.63. The average Bonchev–Trinajstić information content (AvgIpc) is 2.17. The molecule has 0 N–H and O–H groups in total. The zero-order valence-corrected chi connectivity index (χ0v) is 24.7. The molecule has 0 aromatic rings. The molecule has 152 valence electrons. The van der Waals surface area contributed by atoms with Gasteiger partial charge in [0, 0.05) is 0 Å². The fraction of sp³-hybridized carbons (Fsp3) is 1.00. The summed E-state index contributed by atoms with van der Waals surface area (Å²) in [5.74, 6) is 0. The van der Waals surface area contributed by atoms with E-state index in [0.717, 1.165) is 0 Å². The van der Waals surface area contributed by atoms with Crippen LogP contribution in [0.5, 0.6) is 0 Å². The first-order valence-electron chi connectivity index (χ1n) is 8.89. The van der Waals surface area contributed by atoms with E-state index in [1.54, 1.807) is 0 Å². The molecule has 6 nitrogen and oxygen atoms in total. The topological polar surface area (TPSA) is 55.4 Å². The summed E-state index contributed by atoms with van der Waals surface area (Å²) >= 11 is 0. The molecule has 0 saturated heterocycles. The molecule has 0 amide bonds. The minimum atomic E-state index is -2.43. The van der Waals surface area contributed by atoms with E-state index in [1.807, 2.05) is 26.2 Å². The van der Waals surface area contributed by atoms with E-state index < -0.39 is 51.6 Å². The van der Waals surface area contributed by atoms with Crippen molar-refractivity contribution < 1.29 is 25.6 Å². The van der Waals surface area contributed by atoms with E-state index in [0.29, 0.717) is 0 Å². The highest BCUT2D eigenvalue weighted by Gasteiger charge is 2.45. The lowest BCUT2D eigenvalue weighted by Crippen LogP contribution is -2.58. The lowest BCUT2D eigenvalue weighted by Gasteiger charge is -2.40. The Balaban J connectivity index is 4.86. The predicted molar refractivity (Wildman–Crippen MR) is 119 cm³/mol. The maximum Gasteiger partial charge on any atom is 0.358 e. The Morgan fingerprint density at radius 3 is 1.20 bits per heavy atom. The van der Waals surface area contributed by atoms with E-state index in [9.17, 15) is 0 Å². The Morgan fingerprint density at radius 1 is 0.480 bits per heavy atom. The van der Waals surface area contributed by atoms with Crippen molar-refractivity contribution in [3.8, 4) is 0 Å². The van der Waals surface area contributed by atoms with Crippen LogP contribution in [0.1, 0.15) is 0 Å². The lowest BCUT2D eigenvalue weighted by atomic mass is 11.8. The van der Waals surface area contributed by atoms with Crippen LogP contribution in [0.4, 0.5) is 0 Å². The molecule has 0 rings (SSSR count). The highest BCUT2D eigenvalue weighted by Crippen LogP contribution is 2.25. The van der Waals surface area contributed by atoms with Gasteiger partial charge < -0.3 is 16.5 Å². The molecular formula is C13H40O6Si6. The second kappa shape index (κ2) is 9.04. The van der Waals surface area contributed by atoms with E-state index in [2.05, 4.69) is 58.9 Å². The summed E-state index contributed by atoms with van der Waals surface area (Å²) in [6.07, 6.45) is 0. The summed E-state index contributed by atoms with van der Waals surface area (Å²) in [5.41, 5.74) is 0. The maximum atomic E-state index is 6.42. The molecule has 0 aliphatic carbocycles. The van der Waals surface area contributed by atoms with Gasteiger partial charge in [-0.3, -0.25) is 9.15 Å².